The molecule has 0 bridgehead atoms. The molecule has 2 aliphatic heterocycles. The molecule has 3 aromatic carbocycles. The van der Waals surface area contributed by atoms with Crippen molar-refractivity contribution in [3.8, 4) is 5.75 Å². The molecule has 2 saturated heterocycles. The van der Waals surface area contributed by atoms with Crippen molar-refractivity contribution in [1.82, 2.24) is 4.98 Å². The highest BCUT2D eigenvalue weighted by Gasteiger charge is 2.55. The van der Waals surface area contributed by atoms with Gasteiger partial charge in [-0.3, -0.25) is 4.98 Å². The first kappa shape index (κ1) is 23.2. The van der Waals surface area contributed by atoms with Gasteiger partial charge in [-0.25, -0.2) is 0 Å². The lowest BCUT2D eigenvalue weighted by Crippen LogP contribution is -2.69. The number of pyridine rings is 1. The van der Waals surface area contributed by atoms with Gasteiger partial charge in [0.05, 0.1) is 25.2 Å². The third kappa shape index (κ3) is 3.80. The summed E-state index contributed by atoms with van der Waals surface area (Å²) in [7, 11) is 1.68. The summed E-state index contributed by atoms with van der Waals surface area (Å²) < 4.78 is 6.47. The molecule has 36 heavy (non-hydrogen) atoms. The van der Waals surface area contributed by atoms with Crippen LogP contribution in [0.5, 0.6) is 5.75 Å². The number of ether oxygens (including phenoxy) is 1. The van der Waals surface area contributed by atoms with E-state index in [0.717, 1.165) is 59.1 Å². The number of fused-ring (bicyclic) bond motifs is 3. The number of nitrogens with zero attached hydrogens (tertiary/aromatic N) is 2. The monoisotopic (exact) mass is 479 g/mol. The van der Waals surface area contributed by atoms with Gasteiger partial charge in [0.15, 0.2) is 0 Å². The summed E-state index contributed by atoms with van der Waals surface area (Å²) in [6.45, 7) is 6.21. The van der Waals surface area contributed by atoms with E-state index >= 15 is 0 Å². The van der Waals surface area contributed by atoms with E-state index in [1.165, 1.54) is 22.8 Å². The van der Waals surface area contributed by atoms with Crippen LogP contribution >= 0.6 is 0 Å². The topological polar surface area (TPSA) is 42.4 Å². The van der Waals surface area contributed by atoms with Crippen molar-refractivity contribution in [2.45, 2.75) is 50.4 Å². The lowest BCUT2D eigenvalue weighted by atomic mass is 9.85. The number of quaternary nitrogens is 1. The number of hydrogen-bond donors (Lipinski definition) is 1. The molecule has 0 aliphatic carbocycles. The van der Waals surface area contributed by atoms with Gasteiger partial charge in [0.2, 0.25) is 0 Å². The average molecular weight is 480 g/mol. The molecule has 2 aliphatic rings. The van der Waals surface area contributed by atoms with Gasteiger partial charge in [0.1, 0.15) is 24.4 Å². The SMILES string of the molecule is C=CC1CCC(C(O)c2ccnc3ccc(OC)cc23)[N+]2(Cc3cccc4ccccc34)CCC2C1. The maximum absolute atomic E-state index is 12.2. The molecule has 1 N–H and O–H groups in total. The second-order valence-corrected chi connectivity index (χ2v) is 10.7. The fourth-order valence-electron chi connectivity index (χ4n) is 6.98. The third-order valence-electron chi connectivity index (χ3n) is 9.02. The number of aromatic nitrogens is 1. The smallest absolute Gasteiger partial charge is 0.131 e. The molecule has 0 saturated carbocycles. The van der Waals surface area contributed by atoms with Crippen molar-refractivity contribution in [1.29, 1.82) is 0 Å². The Kier molecular flexibility index (Phi) is 6.02. The summed E-state index contributed by atoms with van der Waals surface area (Å²) in [5.41, 5.74) is 3.24. The zero-order valence-corrected chi connectivity index (χ0v) is 21.0. The highest BCUT2D eigenvalue weighted by atomic mass is 16.5. The molecular weight excluding hydrogens is 444 g/mol. The van der Waals surface area contributed by atoms with Crippen LogP contribution in [0, 0.1) is 5.92 Å². The fourth-order valence-corrected chi connectivity index (χ4v) is 6.98. The van der Waals surface area contributed by atoms with E-state index in [1.807, 2.05) is 30.5 Å². The summed E-state index contributed by atoms with van der Waals surface area (Å²) in [6, 6.07) is 24.0. The fraction of sp³-hybridized carbons (Fsp3) is 0.344. The Hall–Kier alpha value is -3.21. The summed E-state index contributed by atoms with van der Waals surface area (Å²) in [6.07, 6.45) is 7.82. The van der Waals surface area contributed by atoms with Gasteiger partial charge < -0.3 is 14.3 Å². The first-order valence-corrected chi connectivity index (χ1v) is 13.2. The molecule has 184 valence electrons. The van der Waals surface area contributed by atoms with Crippen LogP contribution < -0.4 is 4.74 Å². The maximum Gasteiger partial charge on any atom is 0.131 e. The van der Waals surface area contributed by atoms with Gasteiger partial charge in [0, 0.05) is 36.4 Å². The minimum atomic E-state index is -0.580. The summed E-state index contributed by atoms with van der Waals surface area (Å²) in [4.78, 5) is 4.57. The van der Waals surface area contributed by atoms with Crippen molar-refractivity contribution in [2.75, 3.05) is 13.7 Å². The first-order chi connectivity index (χ1) is 17.6. The predicted molar refractivity (Wildman–Crippen MR) is 146 cm³/mol. The van der Waals surface area contributed by atoms with E-state index in [-0.39, 0.29) is 6.04 Å². The van der Waals surface area contributed by atoms with Gasteiger partial charge in [-0.2, -0.15) is 0 Å². The quantitative estimate of drug-likeness (QED) is 0.251. The number of allylic oxidation sites excluding steroid dienone is 1. The highest BCUT2D eigenvalue weighted by molar-refractivity contribution is 5.85. The minimum Gasteiger partial charge on any atom is -0.497 e. The molecule has 0 radical (unpaired) electrons. The number of hydrogen-bond acceptors (Lipinski definition) is 3. The van der Waals surface area contributed by atoms with Crippen molar-refractivity contribution in [3.63, 3.8) is 0 Å². The van der Waals surface area contributed by atoms with Crippen molar-refractivity contribution in [2.24, 2.45) is 5.92 Å². The molecule has 0 amide bonds. The van der Waals surface area contributed by atoms with Gasteiger partial charge >= 0.3 is 0 Å². The number of methoxy groups -OCH3 is 1. The van der Waals surface area contributed by atoms with Gasteiger partial charge in [-0.05, 0) is 52.9 Å². The lowest BCUT2D eigenvalue weighted by Gasteiger charge is -2.57. The molecule has 0 spiro atoms. The minimum absolute atomic E-state index is 0.115. The largest absolute Gasteiger partial charge is 0.497 e. The van der Waals surface area contributed by atoms with Gasteiger partial charge in [0.25, 0.3) is 0 Å². The van der Waals surface area contributed by atoms with Crippen LogP contribution in [0.25, 0.3) is 21.7 Å². The van der Waals surface area contributed by atoms with Crippen LogP contribution in [-0.2, 0) is 6.54 Å². The number of aliphatic hydroxyl groups excluding tert-OH is 1. The Balaban J connectivity index is 1.45. The van der Waals surface area contributed by atoms with E-state index in [1.54, 1.807) is 7.11 Å². The maximum atomic E-state index is 12.2. The Labute approximate surface area is 213 Å². The molecular formula is C32H35N2O2+. The molecule has 3 heterocycles. The summed E-state index contributed by atoms with van der Waals surface area (Å²) in [5.74, 6) is 1.30. The second kappa shape index (κ2) is 9.34. The van der Waals surface area contributed by atoms with Crippen LogP contribution in [0.4, 0.5) is 0 Å². The molecule has 4 aromatic rings. The van der Waals surface area contributed by atoms with Crippen molar-refractivity contribution in [3.05, 3.63) is 96.7 Å². The van der Waals surface area contributed by atoms with Crippen LogP contribution in [0.15, 0.2) is 85.6 Å². The number of benzene rings is 3. The summed E-state index contributed by atoms with van der Waals surface area (Å²) in [5, 5.41) is 15.8. The standard InChI is InChI=1S/C32H35N2O2/c1-3-22-11-14-31(32(35)28-15-17-33-30-13-12-26(36-2)20-29(28)30)34(18-16-25(34)19-22)21-24-9-6-8-23-7-4-5-10-27(23)24/h3-10,12-13,15,17,20,22,25,31-32,35H,1,11,14,16,18-19,21H2,2H3/q+1. The second-order valence-electron chi connectivity index (χ2n) is 10.7. The predicted octanol–water partition coefficient (Wildman–Crippen LogP) is 6.57. The van der Waals surface area contributed by atoms with E-state index < -0.39 is 6.10 Å². The molecule has 6 rings (SSSR count). The first-order valence-electron chi connectivity index (χ1n) is 13.2. The van der Waals surface area contributed by atoms with Crippen molar-refractivity contribution >= 4 is 21.7 Å². The molecule has 2 fully saturated rings. The van der Waals surface area contributed by atoms with Gasteiger partial charge in [-0.1, -0.05) is 48.5 Å². The van der Waals surface area contributed by atoms with E-state index in [2.05, 4.69) is 60.1 Å². The Morgan fingerprint density at radius 3 is 2.72 bits per heavy atom. The van der Waals surface area contributed by atoms with Crippen LogP contribution in [-0.4, -0.2) is 40.3 Å². The Morgan fingerprint density at radius 1 is 1.06 bits per heavy atom. The van der Waals surface area contributed by atoms with Crippen LogP contribution in [0.3, 0.4) is 0 Å². The molecule has 4 nitrogen and oxygen atoms in total. The van der Waals surface area contributed by atoms with Crippen LogP contribution in [0.1, 0.15) is 42.9 Å². The molecule has 1 aromatic heterocycles. The number of rotatable bonds is 6. The summed E-state index contributed by atoms with van der Waals surface area (Å²) >= 11 is 0. The zero-order chi connectivity index (χ0) is 24.7. The third-order valence-corrected chi connectivity index (χ3v) is 9.02. The Morgan fingerprint density at radius 2 is 1.92 bits per heavy atom. The number of aliphatic hydroxyl groups is 1. The van der Waals surface area contributed by atoms with E-state index in [0.29, 0.717) is 12.0 Å². The lowest BCUT2D eigenvalue weighted by molar-refractivity contribution is -1.02. The zero-order valence-electron chi connectivity index (χ0n) is 21.0. The molecule has 5 atom stereocenters. The van der Waals surface area contributed by atoms with E-state index in [4.69, 9.17) is 4.74 Å². The van der Waals surface area contributed by atoms with Crippen molar-refractivity contribution < 1.29 is 14.3 Å². The average Bonchev–Trinajstić information content (AvgIpc) is 3.02. The highest BCUT2D eigenvalue weighted by Crippen LogP contribution is 2.48. The molecule has 4 heteroatoms. The normalized spacial score (nSPS) is 26.6. The van der Waals surface area contributed by atoms with E-state index in [9.17, 15) is 5.11 Å². The molecule has 5 unspecified atom stereocenters. The van der Waals surface area contributed by atoms with Crippen LogP contribution in [0.2, 0.25) is 0 Å². The van der Waals surface area contributed by atoms with Gasteiger partial charge in [-0.15, -0.1) is 6.58 Å². The Bertz CT molecular complexity index is 1410.